The maximum atomic E-state index is 10.9. The van der Waals surface area contributed by atoms with Gasteiger partial charge in [-0.1, -0.05) is 11.6 Å². The molecular weight excluding hydrogens is 186 g/mol. The molecule has 0 unspecified atom stereocenters. The molecule has 0 aromatic carbocycles. The molecule has 0 aliphatic rings. The predicted octanol–water partition coefficient (Wildman–Crippen LogP) is 1.89. The molecule has 0 atom stereocenters. The zero-order chi connectivity index (χ0) is 8.43. The Morgan fingerprint density at radius 2 is 2.36 bits per heavy atom. The third kappa shape index (κ3) is 1.52. The van der Waals surface area contributed by atoms with Crippen LogP contribution in [-0.2, 0) is 4.74 Å². The van der Waals surface area contributed by atoms with E-state index in [1.54, 1.807) is 6.92 Å². The van der Waals surface area contributed by atoms with Gasteiger partial charge in [0.2, 0.25) is 0 Å². The van der Waals surface area contributed by atoms with Gasteiger partial charge < -0.3 is 4.74 Å². The Morgan fingerprint density at radius 3 is 2.73 bits per heavy atom. The van der Waals surface area contributed by atoms with Crippen LogP contribution in [0, 0.1) is 6.92 Å². The average molecular weight is 192 g/mol. The lowest BCUT2D eigenvalue weighted by molar-refractivity contribution is 0.0595. The van der Waals surface area contributed by atoms with E-state index in [-0.39, 0.29) is 5.69 Å². The second-order valence-electron chi connectivity index (χ2n) is 1.89. The molecule has 0 fully saturated rings. The van der Waals surface area contributed by atoms with Gasteiger partial charge in [0.15, 0.2) is 5.69 Å². The van der Waals surface area contributed by atoms with Gasteiger partial charge in [-0.05, 0) is 18.5 Å². The number of esters is 1. The van der Waals surface area contributed by atoms with E-state index in [2.05, 4.69) is 9.11 Å². The summed E-state index contributed by atoms with van der Waals surface area (Å²) in [7, 11) is 1.30. The van der Waals surface area contributed by atoms with Crippen LogP contribution < -0.4 is 0 Å². The summed E-state index contributed by atoms with van der Waals surface area (Å²) in [5, 5.41) is 0.391. The van der Waals surface area contributed by atoms with Crippen LogP contribution in [0.4, 0.5) is 0 Å². The smallest absolute Gasteiger partial charge is 0.359 e. The minimum Gasteiger partial charge on any atom is -0.464 e. The van der Waals surface area contributed by atoms with Crippen molar-refractivity contribution in [1.82, 2.24) is 4.37 Å². The number of aryl methyl sites for hydroxylation is 1. The fourth-order valence-corrected chi connectivity index (χ4v) is 1.43. The van der Waals surface area contributed by atoms with Gasteiger partial charge in [-0.15, -0.1) is 0 Å². The Balaban J connectivity index is 3.04. The first-order valence-corrected chi connectivity index (χ1v) is 4.02. The SMILES string of the molecule is COC(=O)c1nsc(C)c1Cl. The highest BCUT2D eigenvalue weighted by Gasteiger charge is 2.15. The summed E-state index contributed by atoms with van der Waals surface area (Å²) in [4.78, 5) is 11.7. The number of hydrogen-bond acceptors (Lipinski definition) is 4. The maximum Gasteiger partial charge on any atom is 0.359 e. The Hall–Kier alpha value is -0.610. The van der Waals surface area contributed by atoms with Crippen LogP contribution >= 0.6 is 23.1 Å². The van der Waals surface area contributed by atoms with Gasteiger partial charge in [-0.25, -0.2) is 4.79 Å². The molecule has 1 aromatic rings. The van der Waals surface area contributed by atoms with Gasteiger partial charge in [0.25, 0.3) is 0 Å². The highest BCUT2D eigenvalue weighted by molar-refractivity contribution is 7.06. The number of methoxy groups -OCH3 is 1. The first-order chi connectivity index (χ1) is 5.16. The van der Waals surface area contributed by atoms with E-state index in [9.17, 15) is 4.79 Å². The molecule has 5 heteroatoms. The molecule has 1 aromatic heterocycles. The number of ether oxygens (including phenoxy) is 1. The van der Waals surface area contributed by atoms with Crippen LogP contribution in [0.3, 0.4) is 0 Å². The monoisotopic (exact) mass is 191 g/mol. The van der Waals surface area contributed by atoms with E-state index in [0.717, 1.165) is 4.88 Å². The normalized spacial score (nSPS) is 9.73. The molecule has 60 valence electrons. The highest BCUT2D eigenvalue weighted by Crippen LogP contribution is 2.23. The summed E-state index contributed by atoms with van der Waals surface area (Å²) in [6, 6.07) is 0. The number of halogens is 1. The van der Waals surface area contributed by atoms with E-state index < -0.39 is 5.97 Å². The number of rotatable bonds is 1. The third-order valence-electron chi connectivity index (χ3n) is 1.17. The second-order valence-corrected chi connectivity index (χ2v) is 3.25. The summed E-state index contributed by atoms with van der Waals surface area (Å²) in [5.74, 6) is -0.487. The number of nitrogens with zero attached hydrogens (tertiary/aromatic N) is 1. The van der Waals surface area contributed by atoms with Crippen LogP contribution in [0.5, 0.6) is 0 Å². The molecule has 0 saturated heterocycles. The van der Waals surface area contributed by atoms with Crippen molar-refractivity contribution in [2.45, 2.75) is 6.92 Å². The number of carbonyl (C=O) groups excluding carboxylic acids is 1. The number of carbonyl (C=O) groups is 1. The summed E-state index contributed by atoms with van der Waals surface area (Å²) < 4.78 is 8.27. The fourth-order valence-electron chi connectivity index (χ4n) is 0.585. The first kappa shape index (κ1) is 8.49. The standard InChI is InChI=1S/C6H6ClNO2S/c1-3-4(7)5(8-11-3)6(9)10-2/h1-2H3. The lowest BCUT2D eigenvalue weighted by atomic mass is 10.4. The van der Waals surface area contributed by atoms with Crippen molar-refractivity contribution in [2.24, 2.45) is 0 Å². The summed E-state index contributed by atoms with van der Waals surface area (Å²) >= 11 is 6.92. The van der Waals surface area contributed by atoms with Crippen LogP contribution in [0.15, 0.2) is 0 Å². The molecule has 0 aliphatic heterocycles. The topological polar surface area (TPSA) is 39.2 Å². The predicted molar refractivity (Wildman–Crippen MR) is 43.2 cm³/mol. The highest BCUT2D eigenvalue weighted by atomic mass is 35.5. The van der Waals surface area contributed by atoms with Gasteiger partial charge in [0, 0.05) is 4.88 Å². The van der Waals surface area contributed by atoms with E-state index in [1.807, 2.05) is 0 Å². The molecule has 1 rings (SSSR count). The van der Waals surface area contributed by atoms with Crippen molar-refractivity contribution in [3.8, 4) is 0 Å². The molecule has 0 N–H and O–H groups in total. The molecule has 11 heavy (non-hydrogen) atoms. The van der Waals surface area contributed by atoms with Crippen LogP contribution in [0.25, 0.3) is 0 Å². The Bertz CT molecular complexity index is 284. The number of aromatic nitrogens is 1. The Kier molecular flexibility index (Phi) is 2.46. The van der Waals surface area contributed by atoms with Crippen molar-refractivity contribution in [3.63, 3.8) is 0 Å². The number of hydrogen-bond donors (Lipinski definition) is 0. The van der Waals surface area contributed by atoms with Crippen molar-refractivity contribution in [2.75, 3.05) is 7.11 Å². The molecule has 0 bridgehead atoms. The molecule has 0 saturated carbocycles. The van der Waals surface area contributed by atoms with Crippen molar-refractivity contribution >= 4 is 29.1 Å². The summed E-state index contributed by atoms with van der Waals surface area (Å²) in [6.45, 7) is 1.80. The van der Waals surface area contributed by atoms with Crippen molar-refractivity contribution in [3.05, 3.63) is 15.6 Å². The molecular formula is C6H6ClNO2S. The van der Waals surface area contributed by atoms with Gasteiger partial charge in [0.05, 0.1) is 12.1 Å². The molecule has 0 aliphatic carbocycles. The zero-order valence-corrected chi connectivity index (χ0v) is 7.62. The zero-order valence-electron chi connectivity index (χ0n) is 6.05. The van der Waals surface area contributed by atoms with E-state index in [1.165, 1.54) is 18.6 Å². The van der Waals surface area contributed by atoms with E-state index in [4.69, 9.17) is 11.6 Å². The fraction of sp³-hybridized carbons (Fsp3) is 0.333. The largest absolute Gasteiger partial charge is 0.464 e. The maximum absolute atomic E-state index is 10.9. The average Bonchev–Trinajstić information content (AvgIpc) is 2.32. The quantitative estimate of drug-likeness (QED) is 0.637. The lowest BCUT2D eigenvalue weighted by Gasteiger charge is -1.92. The van der Waals surface area contributed by atoms with Crippen LogP contribution in [0.1, 0.15) is 15.4 Å². The molecule has 0 amide bonds. The molecule has 0 radical (unpaired) electrons. The molecule has 0 spiro atoms. The van der Waals surface area contributed by atoms with Gasteiger partial charge in [0.1, 0.15) is 0 Å². The van der Waals surface area contributed by atoms with E-state index in [0.29, 0.717) is 5.02 Å². The summed E-state index contributed by atoms with van der Waals surface area (Å²) in [6.07, 6.45) is 0. The lowest BCUT2D eigenvalue weighted by Crippen LogP contribution is -2.01. The Morgan fingerprint density at radius 1 is 1.73 bits per heavy atom. The Labute approximate surface area is 73.1 Å². The van der Waals surface area contributed by atoms with Crippen molar-refractivity contribution in [1.29, 1.82) is 0 Å². The summed E-state index contributed by atoms with van der Waals surface area (Å²) in [5.41, 5.74) is 0.205. The van der Waals surface area contributed by atoms with E-state index >= 15 is 0 Å². The van der Waals surface area contributed by atoms with Crippen LogP contribution in [-0.4, -0.2) is 17.5 Å². The van der Waals surface area contributed by atoms with Crippen LogP contribution in [0.2, 0.25) is 5.02 Å². The van der Waals surface area contributed by atoms with Gasteiger partial charge in [-0.2, -0.15) is 4.37 Å². The minimum atomic E-state index is -0.487. The second kappa shape index (κ2) is 3.19. The van der Waals surface area contributed by atoms with Gasteiger partial charge >= 0.3 is 5.97 Å². The first-order valence-electron chi connectivity index (χ1n) is 2.87. The third-order valence-corrected chi connectivity index (χ3v) is 2.50. The minimum absolute atomic E-state index is 0.205. The molecule has 1 heterocycles. The van der Waals surface area contributed by atoms with Gasteiger partial charge in [-0.3, -0.25) is 0 Å². The molecule has 3 nitrogen and oxygen atoms in total. The van der Waals surface area contributed by atoms with Crippen molar-refractivity contribution < 1.29 is 9.53 Å².